The molecule has 0 spiro atoms. The molecule has 37 heavy (non-hydrogen) atoms. The second-order valence-electron chi connectivity index (χ2n) is 8.33. The van der Waals surface area contributed by atoms with Crippen molar-refractivity contribution >= 4 is 72.7 Å². The fourth-order valence-electron chi connectivity index (χ4n) is 4.09. The van der Waals surface area contributed by atoms with E-state index in [0.717, 1.165) is 16.3 Å². The Morgan fingerprint density at radius 3 is 2.54 bits per heavy atom. The maximum Gasteiger partial charge on any atom is 0.279 e. The van der Waals surface area contributed by atoms with Crippen molar-refractivity contribution in [2.45, 2.75) is 11.4 Å². The van der Waals surface area contributed by atoms with Crippen LogP contribution >= 0.6 is 23.8 Å². The molecule has 0 aliphatic carbocycles. The van der Waals surface area contributed by atoms with Crippen molar-refractivity contribution in [2.75, 3.05) is 10.2 Å². The number of carbonyl (C=O) groups excluding carboxylic acids is 1. The highest BCUT2D eigenvalue weighted by Crippen LogP contribution is 2.33. The van der Waals surface area contributed by atoms with Gasteiger partial charge in [-0.05, 0) is 71.0 Å². The molecule has 4 N–H and O–H groups in total. The van der Waals surface area contributed by atoms with E-state index < -0.39 is 10.0 Å². The molecule has 0 atom stereocenters. The Balaban J connectivity index is 1.38. The average Bonchev–Trinajstić information content (AvgIpc) is 3.12. The van der Waals surface area contributed by atoms with Crippen LogP contribution in [0.2, 0.25) is 5.02 Å². The van der Waals surface area contributed by atoms with E-state index in [4.69, 9.17) is 29.0 Å². The van der Waals surface area contributed by atoms with E-state index in [1.54, 1.807) is 29.2 Å². The van der Waals surface area contributed by atoms with Gasteiger partial charge in [-0.1, -0.05) is 54.1 Å². The normalized spacial score (nSPS) is 14.2. The zero-order chi connectivity index (χ0) is 26.2. The summed E-state index contributed by atoms with van der Waals surface area (Å²) in [7, 11) is -3.87. The lowest BCUT2D eigenvalue weighted by atomic mass is 10.1. The highest BCUT2D eigenvalue weighted by Gasteiger charge is 2.34. The molecule has 0 aromatic heterocycles. The molecule has 186 valence electrons. The lowest BCUT2D eigenvalue weighted by Crippen LogP contribution is -2.32. The summed E-state index contributed by atoms with van der Waals surface area (Å²) in [4.78, 5) is 15.0. The first-order valence-electron chi connectivity index (χ1n) is 11.1. The van der Waals surface area contributed by atoms with E-state index in [0.29, 0.717) is 28.5 Å². The van der Waals surface area contributed by atoms with E-state index in [2.05, 4.69) is 21.9 Å². The van der Waals surface area contributed by atoms with Gasteiger partial charge in [0.2, 0.25) is 10.0 Å². The van der Waals surface area contributed by atoms with Crippen molar-refractivity contribution < 1.29 is 13.2 Å². The summed E-state index contributed by atoms with van der Waals surface area (Å²) in [6, 6.07) is 25.2. The summed E-state index contributed by atoms with van der Waals surface area (Å²) in [6.45, 7) is 0.348. The van der Waals surface area contributed by atoms with Crippen LogP contribution in [0.15, 0.2) is 94.9 Å². The van der Waals surface area contributed by atoms with Crippen LogP contribution < -0.4 is 20.8 Å². The number of benzene rings is 4. The van der Waals surface area contributed by atoms with Crippen LogP contribution in [0.1, 0.15) is 11.1 Å². The summed E-state index contributed by atoms with van der Waals surface area (Å²) in [5.74, 6) is -0.308. The number of anilines is 2. The lowest BCUT2D eigenvalue weighted by molar-refractivity contribution is -0.112. The smallest absolute Gasteiger partial charge is 0.279 e. The third-order valence-electron chi connectivity index (χ3n) is 5.80. The zero-order valence-electron chi connectivity index (χ0n) is 19.2. The van der Waals surface area contributed by atoms with Gasteiger partial charge in [-0.15, -0.1) is 0 Å². The van der Waals surface area contributed by atoms with Crippen LogP contribution in [0.4, 0.5) is 11.4 Å². The largest absolute Gasteiger partial charge is 0.331 e. The van der Waals surface area contributed by atoms with Crippen LogP contribution in [0, 0.1) is 0 Å². The topological polar surface area (TPSA) is 117 Å². The number of nitrogens with two attached hydrogens (primary N) is 1. The fraction of sp³-hybridized carbons (Fsp3) is 0.0385. The second-order valence-corrected chi connectivity index (χ2v) is 10.7. The number of halogens is 1. The van der Waals surface area contributed by atoms with E-state index in [-0.39, 0.29) is 21.6 Å². The predicted molar refractivity (Wildman–Crippen MR) is 150 cm³/mol. The van der Waals surface area contributed by atoms with Gasteiger partial charge in [0.1, 0.15) is 0 Å². The number of fused-ring (bicyclic) bond motifs is 2. The number of thiocarbonyl (C=S) groups is 1. The number of hydrogen-bond acceptors (Lipinski definition) is 5. The molecule has 11 heteroatoms. The van der Waals surface area contributed by atoms with Gasteiger partial charge in [0.05, 0.1) is 17.1 Å². The van der Waals surface area contributed by atoms with Crippen LogP contribution in [0.3, 0.4) is 0 Å². The molecule has 0 unspecified atom stereocenters. The van der Waals surface area contributed by atoms with Gasteiger partial charge >= 0.3 is 0 Å². The molecule has 5 rings (SSSR count). The highest BCUT2D eigenvalue weighted by molar-refractivity contribution is 7.89. The number of sulfonamides is 1. The number of primary sulfonamides is 1. The zero-order valence-corrected chi connectivity index (χ0v) is 21.6. The molecule has 0 radical (unpaired) electrons. The quantitative estimate of drug-likeness (QED) is 0.251. The van der Waals surface area contributed by atoms with Crippen LogP contribution in [-0.2, 0) is 21.4 Å². The average molecular weight is 550 g/mol. The first-order chi connectivity index (χ1) is 17.7. The molecule has 8 nitrogen and oxygen atoms in total. The number of nitrogens with one attached hydrogen (secondary N) is 2. The summed E-state index contributed by atoms with van der Waals surface area (Å²) in [5.41, 5.74) is 5.44. The van der Waals surface area contributed by atoms with Crippen molar-refractivity contribution in [3.63, 3.8) is 0 Å². The van der Waals surface area contributed by atoms with E-state index in [9.17, 15) is 13.2 Å². The maximum absolute atomic E-state index is 13.4. The molecular formula is C26H20ClN5O3S2. The molecule has 1 heterocycles. The van der Waals surface area contributed by atoms with Crippen molar-refractivity contribution in [3.05, 3.63) is 101 Å². The number of hydrazone groups is 1. The van der Waals surface area contributed by atoms with Gasteiger partial charge in [0.25, 0.3) is 5.91 Å². The van der Waals surface area contributed by atoms with E-state index in [1.165, 1.54) is 18.2 Å². The summed E-state index contributed by atoms with van der Waals surface area (Å²) in [5, 5.41) is 15.0. The van der Waals surface area contributed by atoms with Crippen molar-refractivity contribution in [2.24, 2.45) is 10.2 Å². The first-order valence-corrected chi connectivity index (χ1v) is 13.4. The highest BCUT2D eigenvalue weighted by atomic mass is 35.5. The Kier molecular flexibility index (Phi) is 6.65. The van der Waals surface area contributed by atoms with E-state index >= 15 is 0 Å². The number of hydrogen-bond donors (Lipinski definition) is 3. The molecule has 4 aromatic rings. The Labute approximate surface area is 223 Å². The van der Waals surface area contributed by atoms with Gasteiger partial charge in [-0.2, -0.15) is 5.10 Å². The molecule has 0 saturated carbocycles. The maximum atomic E-state index is 13.4. The van der Waals surface area contributed by atoms with Gasteiger partial charge in [-0.3, -0.25) is 10.2 Å². The molecular weight excluding hydrogens is 530 g/mol. The molecule has 0 fully saturated rings. The van der Waals surface area contributed by atoms with Crippen LogP contribution in [-0.4, -0.2) is 25.1 Å². The minimum Gasteiger partial charge on any atom is -0.331 e. The Morgan fingerprint density at radius 2 is 1.76 bits per heavy atom. The molecule has 1 aliphatic rings. The monoisotopic (exact) mass is 549 g/mol. The molecule has 0 bridgehead atoms. The lowest BCUT2D eigenvalue weighted by Gasteiger charge is -2.17. The van der Waals surface area contributed by atoms with Crippen molar-refractivity contribution in [1.29, 1.82) is 0 Å². The third kappa shape index (κ3) is 5.32. The molecule has 1 aliphatic heterocycles. The Hall–Kier alpha value is -3.83. The fourth-order valence-corrected chi connectivity index (χ4v) is 4.98. The van der Waals surface area contributed by atoms with Gasteiger partial charge < -0.3 is 10.2 Å². The first kappa shape index (κ1) is 24.8. The van der Waals surface area contributed by atoms with Crippen molar-refractivity contribution in [1.82, 2.24) is 5.43 Å². The van der Waals surface area contributed by atoms with Gasteiger partial charge in [-0.25, -0.2) is 13.6 Å². The number of carbonyl (C=O) groups is 1. The molecule has 1 amide bonds. The van der Waals surface area contributed by atoms with E-state index in [1.807, 2.05) is 36.4 Å². The Bertz CT molecular complexity index is 1710. The summed E-state index contributed by atoms with van der Waals surface area (Å²) < 4.78 is 23.2. The number of amides is 1. The minimum atomic E-state index is -3.87. The molecule has 0 saturated heterocycles. The SMILES string of the molecule is NS(=O)(=O)c1cccc(NC(=S)NN=C2C(=O)N(Cc3ccc4ccccc4c3)c3ccc(Cl)cc32)c1. The van der Waals surface area contributed by atoms with Crippen LogP contribution in [0.5, 0.6) is 0 Å². The number of nitrogens with zero attached hydrogens (tertiary/aromatic N) is 2. The van der Waals surface area contributed by atoms with Gasteiger partial charge in [0, 0.05) is 16.3 Å². The summed E-state index contributed by atoms with van der Waals surface area (Å²) in [6.07, 6.45) is 0. The standard InChI is InChI=1S/C26H20ClN5O3S2/c27-19-10-11-23-22(13-19)24(30-31-26(36)29-20-6-3-7-21(14-20)37(28,34)35)25(33)32(23)15-16-8-9-17-4-1-2-5-18(17)12-16/h1-14H,15H2,(H2,28,34,35)(H2,29,31,36). The minimum absolute atomic E-state index is 0.0587. The van der Waals surface area contributed by atoms with Gasteiger partial charge in [0.15, 0.2) is 10.8 Å². The van der Waals surface area contributed by atoms with Crippen LogP contribution in [0.25, 0.3) is 10.8 Å². The second kappa shape index (κ2) is 9.91. The molecule has 4 aromatic carbocycles. The van der Waals surface area contributed by atoms with Crippen molar-refractivity contribution in [3.8, 4) is 0 Å². The number of rotatable bonds is 5. The third-order valence-corrected chi connectivity index (χ3v) is 7.14. The predicted octanol–water partition coefficient (Wildman–Crippen LogP) is 4.38. The Morgan fingerprint density at radius 1 is 0.973 bits per heavy atom. The summed E-state index contributed by atoms with van der Waals surface area (Å²) >= 11 is 11.5.